The number of thiazole rings is 1. The van der Waals surface area contributed by atoms with Gasteiger partial charge in [0.05, 0.1) is 0 Å². The fraction of sp³-hybridized carbons (Fsp3) is 0.286. The first kappa shape index (κ1) is 9.75. The van der Waals surface area contributed by atoms with Gasteiger partial charge >= 0.3 is 0 Å². The number of hydrogen-bond donors (Lipinski definition) is 1. The molecule has 0 bridgehead atoms. The van der Waals surface area contributed by atoms with Gasteiger partial charge in [-0.1, -0.05) is 11.3 Å². The van der Waals surface area contributed by atoms with Crippen molar-refractivity contribution in [1.82, 2.24) is 14.8 Å². The molecular weight excluding hydrogens is 238 g/mol. The maximum absolute atomic E-state index is 5.22. The maximum atomic E-state index is 5.22. The Balaban J connectivity index is 2.68. The standard InChI is InChI=1S/C7H7N3OS3/c1-3-4(14-7(13)10(3)2)5-8-9-6(12)11-5/h1-2H3,(H,9,12). The topological polar surface area (TPSA) is 46.8 Å². The molecule has 0 unspecified atom stereocenters. The van der Waals surface area contributed by atoms with Gasteiger partial charge in [-0.3, -0.25) is 0 Å². The molecular formula is C7H7N3OS3. The van der Waals surface area contributed by atoms with Gasteiger partial charge in [0.2, 0.25) is 0 Å². The van der Waals surface area contributed by atoms with Crippen LogP contribution >= 0.6 is 35.8 Å². The molecule has 0 aromatic carbocycles. The first-order chi connectivity index (χ1) is 6.59. The van der Waals surface area contributed by atoms with Crippen molar-refractivity contribution in [2.24, 2.45) is 7.05 Å². The summed E-state index contributed by atoms with van der Waals surface area (Å²) in [5.74, 6) is 0.504. The van der Waals surface area contributed by atoms with Gasteiger partial charge in [-0.05, 0) is 31.4 Å². The summed E-state index contributed by atoms with van der Waals surface area (Å²) < 4.78 is 7.93. The second-order valence-corrected chi connectivity index (χ2v) is 4.77. The Bertz CT molecular complexity index is 574. The van der Waals surface area contributed by atoms with Gasteiger partial charge < -0.3 is 8.98 Å². The number of hydrogen-bond acceptors (Lipinski definition) is 5. The lowest BCUT2D eigenvalue weighted by Crippen LogP contribution is -1.90. The minimum absolute atomic E-state index is 0.279. The largest absolute Gasteiger partial charge is 0.408 e. The molecule has 0 aliphatic carbocycles. The summed E-state index contributed by atoms with van der Waals surface area (Å²) in [5, 5.41) is 6.54. The molecule has 7 heteroatoms. The van der Waals surface area contributed by atoms with Crippen LogP contribution in [-0.4, -0.2) is 14.8 Å². The smallest absolute Gasteiger partial charge is 0.284 e. The molecule has 2 heterocycles. The number of aromatic amines is 1. The zero-order chi connectivity index (χ0) is 10.3. The summed E-state index contributed by atoms with van der Waals surface area (Å²) in [5.41, 5.74) is 1.03. The van der Waals surface area contributed by atoms with Crippen molar-refractivity contribution < 1.29 is 4.42 Å². The lowest BCUT2D eigenvalue weighted by molar-refractivity contribution is 0.552. The van der Waals surface area contributed by atoms with Crippen LogP contribution in [0.3, 0.4) is 0 Å². The van der Waals surface area contributed by atoms with E-state index in [1.807, 2.05) is 18.5 Å². The highest BCUT2D eigenvalue weighted by Gasteiger charge is 2.12. The minimum Gasteiger partial charge on any atom is -0.408 e. The van der Waals surface area contributed by atoms with Gasteiger partial charge in [-0.15, -0.1) is 5.10 Å². The zero-order valence-corrected chi connectivity index (χ0v) is 9.98. The lowest BCUT2D eigenvalue weighted by Gasteiger charge is -1.94. The summed E-state index contributed by atoms with van der Waals surface area (Å²) in [7, 11) is 1.92. The predicted octanol–water partition coefficient (Wildman–Crippen LogP) is 2.84. The first-order valence-corrected chi connectivity index (χ1v) is 5.45. The highest BCUT2D eigenvalue weighted by molar-refractivity contribution is 7.73. The second-order valence-electron chi connectivity index (χ2n) is 2.76. The van der Waals surface area contributed by atoms with Crippen molar-refractivity contribution in [2.45, 2.75) is 6.92 Å². The van der Waals surface area contributed by atoms with Crippen LogP contribution in [0.1, 0.15) is 5.69 Å². The van der Waals surface area contributed by atoms with Crippen molar-refractivity contribution in [2.75, 3.05) is 0 Å². The van der Waals surface area contributed by atoms with E-state index in [9.17, 15) is 0 Å². The Labute approximate surface area is 94.2 Å². The fourth-order valence-corrected chi connectivity index (χ4v) is 2.46. The van der Waals surface area contributed by atoms with E-state index in [0.717, 1.165) is 14.5 Å². The molecule has 2 aromatic heterocycles. The number of aromatic nitrogens is 3. The molecule has 0 amide bonds. The van der Waals surface area contributed by atoms with Crippen LogP contribution in [0.2, 0.25) is 0 Å². The average molecular weight is 245 g/mol. The van der Waals surface area contributed by atoms with Crippen molar-refractivity contribution in [3.05, 3.63) is 14.5 Å². The molecule has 2 rings (SSSR count). The Morgan fingerprint density at radius 2 is 2.21 bits per heavy atom. The predicted molar refractivity (Wildman–Crippen MR) is 59.5 cm³/mol. The van der Waals surface area contributed by atoms with Gasteiger partial charge in [0.1, 0.15) is 4.88 Å². The third kappa shape index (κ3) is 1.47. The van der Waals surface area contributed by atoms with E-state index < -0.39 is 0 Å². The van der Waals surface area contributed by atoms with Crippen LogP contribution in [-0.2, 0) is 7.05 Å². The van der Waals surface area contributed by atoms with Gasteiger partial charge in [0.25, 0.3) is 10.7 Å². The van der Waals surface area contributed by atoms with E-state index in [1.165, 1.54) is 11.3 Å². The fourth-order valence-electron chi connectivity index (χ4n) is 1.04. The quantitative estimate of drug-likeness (QED) is 0.785. The Hall–Kier alpha value is -0.790. The molecule has 0 saturated carbocycles. The third-order valence-electron chi connectivity index (χ3n) is 1.93. The third-order valence-corrected chi connectivity index (χ3v) is 3.75. The molecule has 4 nitrogen and oxygen atoms in total. The zero-order valence-electron chi connectivity index (χ0n) is 7.53. The molecule has 1 N–H and O–H groups in total. The maximum Gasteiger partial charge on any atom is 0.284 e. The average Bonchev–Trinajstić information content (AvgIpc) is 2.66. The molecule has 0 radical (unpaired) electrons. The van der Waals surface area contributed by atoms with Gasteiger partial charge in [-0.25, -0.2) is 5.10 Å². The lowest BCUT2D eigenvalue weighted by atomic mass is 10.4. The van der Waals surface area contributed by atoms with Crippen LogP contribution in [0.4, 0.5) is 0 Å². The van der Waals surface area contributed by atoms with Crippen LogP contribution in [0.25, 0.3) is 10.8 Å². The molecule has 74 valence electrons. The van der Waals surface area contributed by atoms with Crippen LogP contribution in [0.5, 0.6) is 0 Å². The molecule has 0 aliphatic heterocycles. The van der Waals surface area contributed by atoms with E-state index in [2.05, 4.69) is 10.2 Å². The van der Waals surface area contributed by atoms with Crippen LogP contribution < -0.4 is 0 Å². The van der Waals surface area contributed by atoms with Gasteiger partial charge in [0, 0.05) is 12.7 Å². The van der Waals surface area contributed by atoms with Gasteiger partial charge in [0.15, 0.2) is 3.95 Å². The molecule has 14 heavy (non-hydrogen) atoms. The number of nitrogens with zero attached hydrogens (tertiary/aromatic N) is 2. The van der Waals surface area contributed by atoms with E-state index in [0.29, 0.717) is 5.89 Å². The van der Waals surface area contributed by atoms with Crippen molar-refractivity contribution in [1.29, 1.82) is 0 Å². The number of H-pyrrole nitrogens is 1. The Kier molecular flexibility index (Phi) is 2.38. The normalized spacial score (nSPS) is 10.7. The first-order valence-electron chi connectivity index (χ1n) is 3.82. The summed E-state index contributed by atoms with van der Waals surface area (Å²) in [6.45, 7) is 1.97. The molecule has 0 atom stereocenters. The highest BCUT2D eigenvalue weighted by atomic mass is 32.1. The molecule has 0 spiro atoms. The van der Waals surface area contributed by atoms with Crippen LogP contribution in [0, 0.1) is 15.7 Å². The SMILES string of the molecule is Cc1c(-c2n[nH]c(=S)o2)sc(=S)n1C. The van der Waals surface area contributed by atoms with Crippen molar-refractivity contribution in [3.8, 4) is 10.8 Å². The highest BCUT2D eigenvalue weighted by Crippen LogP contribution is 2.28. The van der Waals surface area contributed by atoms with Crippen molar-refractivity contribution in [3.63, 3.8) is 0 Å². The van der Waals surface area contributed by atoms with Crippen molar-refractivity contribution >= 4 is 35.8 Å². The summed E-state index contributed by atoms with van der Waals surface area (Å²) >= 11 is 11.4. The van der Waals surface area contributed by atoms with E-state index in [-0.39, 0.29) is 4.84 Å². The molecule has 0 aliphatic rings. The monoisotopic (exact) mass is 245 g/mol. The van der Waals surface area contributed by atoms with E-state index in [4.69, 9.17) is 28.9 Å². The van der Waals surface area contributed by atoms with Crippen LogP contribution in [0.15, 0.2) is 4.42 Å². The number of rotatable bonds is 1. The number of nitrogens with one attached hydrogen (secondary N) is 1. The summed E-state index contributed by atoms with van der Waals surface area (Å²) in [6.07, 6.45) is 0. The van der Waals surface area contributed by atoms with E-state index in [1.54, 1.807) is 0 Å². The Morgan fingerprint density at radius 3 is 2.64 bits per heavy atom. The van der Waals surface area contributed by atoms with Gasteiger partial charge in [-0.2, -0.15) is 0 Å². The minimum atomic E-state index is 0.279. The summed E-state index contributed by atoms with van der Waals surface area (Å²) in [4.78, 5) is 1.20. The van der Waals surface area contributed by atoms with E-state index >= 15 is 0 Å². The molecule has 2 aromatic rings. The molecule has 0 fully saturated rings. The Morgan fingerprint density at radius 1 is 1.50 bits per heavy atom. The second kappa shape index (κ2) is 3.41. The molecule has 0 saturated heterocycles. The summed E-state index contributed by atoms with van der Waals surface area (Å²) in [6, 6.07) is 0.